The fraction of sp³-hybridized carbons (Fsp3) is 1.00. The van der Waals surface area contributed by atoms with Gasteiger partial charge in [-0.2, -0.15) is 11.8 Å². The molecule has 0 aliphatic heterocycles. The molecule has 14 heavy (non-hydrogen) atoms. The normalized spacial score (nSPS) is 32.4. The minimum absolute atomic E-state index is 0.0685. The highest BCUT2D eigenvalue weighted by Crippen LogP contribution is 2.40. The molecule has 0 radical (unpaired) electrons. The van der Waals surface area contributed by atoms with E-state index >= 15 is 0 Å². The Morgan fingerprint density at radius 1 is 1.57 bits per heavy atom. The van der Waals surface area contributed by atoms with Gasteiger partial charge in [0.25, 0.3) is 0 Å². The van der Waals surface area contributed by atoms with E-state index in [0.717, 1.165) is 18.9 Å². The molecule has 2 nitrogen and oxygen atoms in total. The van der Waals surface area contributed by atoms with Crippen molar-refractivity contribution < 1.29 is 5.11 Å². The molecule has 1 saturated carbocycles. The molecule has 0 aromatic heterocycles. The summed E-state index contributed by atoms with van der Waals surface area (Å²) in [6.07, 6.45) is 2.95. The number of aliphatic hydroxyl groups excluding tert-OH is 1. The summed E-state index contributed by atoms with van der Waals surface area (Å²) in [7, 11) is 0. The third-order valence-electron chi connectivity index (χ3n) is 3.38. The highest BCUT2D eigenvalue weighted by atomic mass is 32.2. The predicted octanol–water partition coefficient (Wildman–Crippen LogP) is 1.73. The van der Waals surface area contributed by atoms with E-state index < -0.39 is 0 Å². The molecule has 3 atom stereocenters. The molecular formula is C11H23NOS. The van der Waals surface area contributed by atoms with Crippen LogP contribution in [-0.2, 0) is 0 Å². The van der Waals surface area contributed by atoms with E-state index in [0.29, 0.717) is 6.04 Å². The van der Waals surface area contributed by atoms with Crippen LogP contribution in [-0.4, -0.2) is 35.8 Å². The molecule has 3 unspecified atom stereocenters. The van der Waals surface area contributed by atoms with E-state index in [2.05, 4.69) is 32.3 Å². The van der Waals surface area contributed by atoms with Gasteiger partial charge >= 0.3 is 0 Å². The number of hydrogen-bond acceptors (Lipinski definition) is 3. The second kappa shape index (κ2) is 4.86. The molecular weight excluding hydrogens is 194 g/mol. The molecule has 3 heteroatoms. The molecule has 0 amide bonds. The molecule has 2 N–H and O–H groups in total. The molecule has 1 aliphatic rings. The fourth-order valence-electron chi connectivity index (χ4n) is 1.94. The molecule has 84 valence electrons. The number of aliphatic hydroxyl groups is 1. The largest absolute Gasteiger partial charge is 0.392 e. The molecule has 0 saturated heterocycles. The van der Waals surface area contributed by atoms with Crippen LogP contribution in [0.25, 0.3) is 0 Å². The standard InChI is InChI=1S/C11H23NOS/c1-8(7-14-4)6-12-9-5-10(13)11(9,2)3/h8-10,12-13H,5-7H2,1-4H3. The minimum atomic E-state index is -0.115. The van der Waals surface area contributed by atoms with Gasteiger partial charge in [0.1, 0.15) is 0 Å². The van der Waals surface area contributed by atoms with Crippen molar-refractivity contribution in [1.29, 1.82) is 0 Å². The van der Waals surface area contributed by atoms with Crippen molar-refractivity contribution in [2.75, 3.05) is 18.6 Å². The van der Waals surface area contributed by atoms with Crippen LogP contribution in [0.5, 0.6) is 0 Å². The van der Waals surface area contributed by atoms with Gasteiger partial charge in [-0.15, -0.1) is 0 Å². The Morgan fingerprint density at radius 2 is 2.21 bits per heavy atom. The summed E-state index contributed by atoms with van der Waals surface area (Å²) in [6.45, 7) is 7.61. The van der Waals surface area contributed by atoms with E-state index in [1.165, 1.54) is 5.75 Å². The lowest BCUT2D eigenvalue weighted by Crippen LogP contribution is -2.60. The first-order valence-electron chi connectivity index (χ1n) is 5.39. The van der Waals surface area contributed by atoms with Crippen molar-refractivity contribution in [2.45, 2.75) is 39.3 Å². The monoisotopic (exact) mass is 217 g/mol. The quantitative estimate of drug-likeness (QED) is 0.735. The van der Waals surface area contributed by atoms with E-state index in [9.17, 15) is 5.11 Å². The maximum Gasteiger partial charge on any atom is 0.0621 e. The topological polar surface area (TPSA) is 32.3 Å². The smallest absolute Gasteiger partial charge is 0.0621 e. The molecule has 1 aliphatic carbocycles. The van der Waals surface area contributed by atoms with Crippen LogP contribution in [0.3, 0.4) is 0 Å². The van der Waals surface area contributed by atoms with Gasteiger partial charge in [-0.05, 0) is 30.9 Å². The molecule has 0 heterocycles. The van der Waals surface area contributed by atoms with E-state index in [4.69, 9.17) is 0 Å². The van der Waals surface area contributed by atoms with Crippen LogP contribution in [0, 0.1) is 11.3 Å². The molecule has 0 aromatic carbocycles. The molecule has 1 fully saturated rings. The van der Waals surface area contributed by atoms with E-state index in [1.807, 2.05) is 11.8 Å². The van der Waals surface area contributed by atoms with Crippen LogP contribution in [0.2, 0.25) is 0 Å². The van der Waals surface area contributed by atoms with Gasteiger partial charge in [0.15, 0.2) is 0 Å². The summed E-state index contributed by atoms with van der Waals surface area (Å²) in [4.78, 5) is 0. The summed E-state index contributed by atoms with van der Waals surface area (Å²) >= 11 is 1.90. The summed E-state index contributed by atoms with van der Waals surface area (Å²) in [6, 6.07) is 0.502. The number of hydrogen-bond donors (Lipinski definition) is 2. The Bertz CT molecular complexity index is 184. The van der Waals surface area contributed by atoms with Gasteiger partial charge in [-0.1, -0.05) is 20.8 Å². The van der Waals surface area contributed by atoms with Crippen LogP contribution < -0.4 is 5.32 Å². The van der Waals surface area contributed by atoms with Gasteiger partial charge in [-0.25, -0.2) is 0 Å². The zero-order valence-corrected chi connectivity index (χ0v) is 10.5. The first-order valence-corrected chi connectivity index (χ1v) is 6.78. The minimum Gasteiger partial charge on any atom is -0.392 e. The van der Waals surface area contributed by atoms with Gasteiger partial charge in [0.05, 0.1) is 6.10 Å². The van der Waals surface area contributed by atoms with Crippen LogP contribution in [0.4, 0.5) is 0 Å². The van der Waals surface area contributed by atoms with Gasteiger partial charge in [-0.3, -0.25) is 0 Å². The van der Waals surface area contributed by atoms with Crippen molar-refractivity contribution in [1.82, 2.24) is 5.32 Å². The van der Waals surface area contributed by atoms with Crippen molar-refractivity contribution in [2.24, 2.45) is 11.3 Å². The van der Waals surface area contributed by atoms with Crippen LogP contribution in [0.1, 0.15) is 27.2 Å². The summed E-state index contributed by atoms with van der Waals surface area (Å²) in [5, 5.41) is 13.1. The highest BCUT2D eigenvalue weighted by molar-refractivity contribution is 7.98. The first-order chi connectivity index (χ1) is 6.48. The number of nitrogens with one attached hydrogen (secondary N) is 1. The third-order valence-corrected chi connectivity index (χ3v) is 4.28. The van der Waals surface area contributed by atoms with Crippen molar-refractivity contribution in [3.8, 4) is 0 Å². The average Bonchev–Trinajstić information content (AvgIpc) is 2.12. The lowest BCUT2D eigenvalue weighted by molar-refractivity contribution is -0.0729. The second-order valence-corrected chi connectivity index (χ2v) is 6.00. The molecule has 1 rings (SSSR count). The highest BCUT2D eigenvalue weighted by Gasteiger charge is 2.46. The summed E-state index contributed by atoms with van der Waals surface area (Å²) in [5.74, 6) is 1.93. The lowest BCUT2D eigenvalue weighted by atomic mass is 9.64. The van der Waals surface area contributed by atoms with Crippen molar-refractivity contribution >= 4 is 11.8 Å². The zero-order chi connectivity index (χ0) is 10.8. The molecule has 0 bridgehead atoms. The Morgan fingerprint density at radius 3 is 2.64 bits per heavy atom. The number of rotatable bonds is 5. The van der Waals surface area contributed by atoms with Crippen LogP contribution >= 0.6 is 11.8 Å². The predicted molar refractivity (Wildman–Crippen MR) is 63.7 cm³/mol. The zero-order valence-electron chi connectivity index (χ0n) is 9.71. The SMILES string of the molecule is CSCC(C)CNC1CC(O)C1(C)C. The Kier molecular flexibility index (Phi) is 4.29. The third kappa shape index (κ3) is 2.65. The fourth-order valence-corrected chi connectivity index (χ4v) is 2.62. The van der Waals surface area contributed by atoms with Crippen molar-refractivity contribution in [3.05, 3.63) is 0 Å². The van der Waals surface area contributed by atoms with Gasteiger partial charge in [0, 0.05) is 11.5 Å². The first kappa shape index (κ1) is 12.3. The van der Waals surface area contributed by atoms with E-state index in [-0.39, 0.29) is 11.5 Å². The van der Waals surface area contributed by atoms with Gasteiger partial charge < -0.3 is 10.4 Å². The average molecular weight is 217 g/mol. The Balaban J connectivity index is 2.20. The summed E-state index contributed by atoms with van der Waals surface area (Å²) < 4.78 is 0. The molecule has 0 spiro atoms. The van der Waals surface area contributed by atoms with Gasteiger partial charge in [0.2, 0.25) is 0 Å². The second-order valence-electron chi connectivity index (χ2n) is 5.09. The van der Waals surface area contributed by atoms with Crippen molar-refractivity contribution in [3.63, 3.8) is 0 Å². The lowest BCUT2D eigenvalue weighted by Gasteiger charge is -2.50. The van der Waals surface area contributed by atoms with Crippen LogP contribution in [0.15, 0.2) is 0 Å². The number of thioether (sulfide) groups is 1. The Hall–Kier alpha value is 0.270. The van der Waals surface area contributed by atoms with E-state index in [1.54, 1.807) is 0 Å². The Labute approximate surface area is 91.9 Å². The summed E-state index contributed by atoms with van der Waals surface area (Å²) in [5.41, 5.74) is 0.0685. The maximum atomic E-state index is 9.57. The molecule has 0 aromatic rings. The maximum absolute atomic E-state index is 9.57.